The minimum atomic E-state index is -2.27. The largest absolute Gasteiger partial charge is 0.508 e. The molecular formula is C35H30N3OPtS2-3. The number of hydrogen-bond acceptors (Lipinski definition) is 6. The number of ether oxygens (including phenoxy) is 1. The first kappa shape index (κ1) is 25.3. The van der Waals surface area contributed by atoms with Crippen molar-refractivity contribution in [1.82, 2.24) is 9.88 Å². The van der Waals surface area contributed by atoms with Crippen molar-refractivity contribution in [3.63, 3.8) is 0 Å². The molecule has 1 aliphatic heterocycles. The van der Waals surface area contributed by atoms with Gasteiger partial charge in [-0.3, -0.25) is 4.98 Å². The molecule has 1 aliphatic rings. The summed E-state index contributed by atoms with van der Waals surface area (Å²) < 4.78 is 32.3. The van der Waals surface area contributed by atoms with Gasteiger partial charge in [0.2, 0.25) is 0 Å². The number of rotatable bonds is 4. The maximum Gasteiger partial charge on any atom is 0.107 e. The van der Waals surface area contributed by atoms with E-state index < -0.39 is 6.98 Å². The molecule has 0 unspecified atom stereocenters. The summed E-state index contributed by atoms with van der Waals surface area (Å²) in [5.41, 5.74) is 5.36. The maximum absolute atomic E-state index is 7.88. The predicted molar refractivity (Wildman–Crippen MR) is 174 cm³/mol. The van der Waals surface area contributed by atoms with Crippen LogP contribution in [-0.4, -0.2) is 16.9 Å². The van der Waals surface area contributed by atoms with Crippen LogP contribution in [0.1, 0.15) is 44.3 Å². The van der Waals surface area contributed by atoms with Crippen LogP contribution in [0.5, 0.6) is 10.8 Å². The van der Waals surface area contributed by atoms with Gasteiger partial charge in [0.1, 0.15) is 5.06 Å². The summed E-state index contributed by atoms with van der Waals surface area (Å²) in [7, 11) is 0. The Kier molecular flexibility index (Phi) is 6.53. The van der Waals surface area contributed by atoms with Crippen LogP contribution in [-0.2, 0) is 26.5 Å². The van der Waals surface area contributed by atoms with Gasteiger partial charge in [-0.25, -0.2) is 0 Å². The smallest absolute Gasteiger partial charge is 0.107 e. The number of benzene rings is 3. The molecule has 42 heavy (non-hydrogen) atoms. The third-order valence-corrected chi connectivity index (χ3v) is 9.47. The molecule has 0 saturated heterocycles. The number of allylic oxidation sites excluding steroid dienone is 2. The summed E-state index contributed by atoms with van der Waals surface area (Å²) >= 11 is 3.28. The van der Waals surface area contributed by atoms with E-state index in [0.29, 0.717) is 22.2 Å². The first-order chi connectivity index (χ1) is 20.9. The van der Waals surface area contributed by atoms with Gasteiger partial charge in [-0.15, -0.1) is 41.3 Å². The molecule has 3 aromatic carbocycles. The summed E-state index contributed by atoms with van der Waals surface area (Å²) in [6.07, 6.45) is 1.90. The number of aromatic nitrogens is 1. The molecule has 0 saturated carbocycles. The molecule has 6 aromatic rings. The van der Waals surface area contributed by atoms with Crippen molar-refractivity contribution in [1.29, 1.82) is 0 Å². The van der Waals surface area contributed by atoms with Gasteiger partial charge in [-0.1, -0.05) is 48.6 Å². The Morgan fingerprint density at radius 3 is 2.60 bits per heavy atom. The van der Waals surface area contributed by atoms with E-state index >= 15 is 0 Å². The van der Waals surface area contributed by atoms with Crippen molar-refractivity contribution < 1.29 is 29.9 Å². The van der Waals surface area contributed by atoms with E-state index in [2.05, 4.69) is 74.7 Å². The minimum absolute atomic E-state index is 0. The Morgan fingerprint density at radius 2 is 1.81 bits per heavy atom. The van der Waals surface area contributed by atoms with Crippen molar-refractivity contribution in [2.24, 2.45) is 0 Å². The molecule has 3 aromatic heterocycles. The zero-order valence-corrected chi connectivity index (χ0v) is 27.7. The average molecular weight is 771 g/mol. The number of anilines is 1. The van der Waals surface area contributed by atoms with E-state index in [0.717, 1.165) is 37.8 Å². The molecular weight excluding hydrogens is 738 g/mol. The van der Waals surface area contributed by atoms with Crippen LogP contribution in [0, 0.1) is 18.8 Å². The molecule has 0 bridgehead atoms. The third kappa shape index (κ3) is 5.04. The monoisotopic (exact) mass is 770 g/mol. The number of pyridine rings is 1. The quantitative estimate of drug-likeness (QED) is 0.167. The van der Waals surface area contributed by atoms with Gasteiger partial charge in [0.25, 0.3) is 0 Å². The molecule has 0 radical (unpaired) electrons. The van der Waals surface area contributed by atoms with Crippen LogP contribution in [0.2, 0.25) is 0 Å². The predicted octanol–water partition coefficient (Wildman–Crippen LogP) is 10.1. The fraction of sp³-hybridized carbons (Fsp3) is 0.200. The van der Waals surface area contributed by atoms with Gasteiger partial charge in [0.05, 0.1) is 0 Å². The van der Waals surface area contributed by atoms with E-state index in [1.54, 1.807) is 29.3 Å². The Hall–Kier alpha value is -3.18. The Balaban J connectivity index is 0.00000357. The van der Waals surface area contributed by atoms with Crippen molar-refractivity contribution in [2.75, 3.05) is 11.9 Å². The van der Waals surface area contributed by atoms with Crippen LogP contribution in [0.25, 0.3) is 42.2 Å². The minimum Gasteiger partial charge on any atom is -0.508 e. The number of fused-ring (bicyclic) bond motifs is 3. The summed E-state index contributed by atoms with van der Waals surface area (Å²) in [6, 6.07) is 25.7. The first-order valence-electron chi connectivity index (χ1n) is 14.9. The average Bonchev–Trinajstić information content (AvgIpc) is 3.67. The normalized spacial score (nSPS) is 15.3. The van der Waals surface area contributed by atoms with Gasteiger partial charge >= 0.3 is 0 Å². The second-order valence-corrected chi connectivity index (χ2v) is 13.3. The fourth-order valence-corrected chi connectivity index (χ4v) is 6.97. The van der Waals surface area contributed by atoms with Crippen molar-refractivity contribution in [3.05, 3.63) is 102 Å². The molecule has 4 nitrogen and oxygen atoms in total. The molecule has 0 fully saturated rings. The topological polar surface area (TPSA) is 28.6 Å². The molecule has 0 atom stereocenters. The molecule has 7 rings (SSSR count). The molecule has 216 valence electrons. The summed E-state index contributed by atoms with van der Waals surface area (Å²) in [5.74, 6) is 0.524. The molecule has 7 heteroatoms. The summed E-state index contributed by atoms with van der Waals surface area (Å²) in [5, 5.41) is 7.22. The van der Waals surface area contributed by atoms with Crippen LogP contribution in [0.3, 0.4) is 0 Å². The van der Waals surface area contributed by atoms with Crippen molar-refractivity contribution in [3.8, 4) is 22.1 Å². The van der Waals surface area contributed by atoms with Crippen molar-refractivity contribution >= 4 is 59.3 Å². The zero-order chi connectivity index (χ0) is 31.0. The summed E-state index contributed by atoms with van der Waals surface area (Å²) in [6.45, 7) is 9.68. The zero-order valence-electron chi connectivity index (χ0n) is 26.8. The fourth-order valence-electron chi connectivity index (χ4n) is 5.23. The van der Waals surface area contributed by atoms with Gasteiger partial charge in [-0.05, 0) is 77.9 Å². The first-order valence-corrected chi connectivity index (χ1v) is 15.1. The van der Waals surface area contributed by atoms with Gasteiger partial charge in [0.15, 0.2) is 0 Å². The molecule has 0 aliphatic carbocycles. The number of hydrogen-bond donors (Lipinski definition) is 0. The van der Waals surface area contributed by atoms with Gasteiger partial charge in [0, 0.05) is 53.2 Å². The molecule has 0 amide bonds. The van der Waals surface area contributed by atoms with Crippen molar-refractivity contribution in [2.45, 2.75) is 40.0 Å². The Bertz CT molecular complexity index is 2110. The van der Waals surface area contributed by atoms with Crippen LogP contribution in [0.4, 0.5) is 5.69 Å². The van der Waals surface area contributed by atoms with Crippen LogP contribution < -0.4 is 9.64 Å². The number of nitrogens with zero attached hydrogens (tertiary/aromatic N) is 3. The second kappa shape index (κ2) is 10.8. The van der Waals surface area contributed by atoms with Gasteiger partial charge in [-0.2, -0.15) is 29.5 Å². The van der Waals surface area contributed by atoms with E-state index in [1.165, 1.54) is 20.5 Å². The van der Waals surface area contributed by atoms with E-state index in [4.69, 9.17) is 13.8 Å². The Morgan fingerprint density at radius 1 is 0.976 bits per heavy atom. The number of thiophene rings is 2. The van der Waals surface area contributed by atoms with E-state index in [-0.39, 0.29) is 26.5 Å². The Labute approximate surface area is 273 Å². The summed E-state index contributed by atoms with van der Waals surface area (Å²) in [4.78, 5) is 7.99. The van der Waals surface area contributed by atoms with Crippen LogP contribution >= 0.6 is 22.7 Å². The van der Waals surface area contributed by atoms with E-state index in [9.17, 15) is 0 Å². The van der Waals surface area contributed by atoms with Gasteiger partial charge < -0.3 is 14.5 Å². The molecule has 0 spiro atoms. The standard InChI is InChI=1S/C35H30N3OS2.Pt/c1-21-22(2)38(20-37(21)6)26-8-7-9-27(18-26)39-33-19-29-32(41-33)16-24-15-31-23(11-13-40-31)14-28(24)34(29)30-17-25(10-12-36-30)35(3,4)5;/h7-17,20H,1-6H3;/q-3;/i6D3;. The third-order valence-electron chi connectivity index (χ3n) is 7.68. The van der Waals surface area contributed by atoms with E-state index in [1.807, 2.05) is 43.1 Å². The molecule has 4 heterocycles. The van der Waals surface area contributed by atoms with Crippen LogP contribution in [0.15, 0.2) is 77.6 Å². The maximum atomic E-state index is 7.88. The molecule has 0 N–H and O–H groups in total. The second-order valence-electron chi connectivity index (χ2n) is 11.4. The SMILES string of the molecule is [2H]C([2H])([2H])N1[CH-]N(c2[c-]c(Oc3[c-]c4c(-c5cc(C(C)(C)C)ccn5)c5cc6ccsc6cc5cc4s3)ccc2)C(C)=C1C.[Pt].